The maximum atomic E-state index is 14.6. The first-order valence-corrected chi connectivity index (χ1v) is 18.4. The molecule has 0 aromatic rings. The zero-order valence-corrected chi connectivity index (χ0v) is 31.6. The molecule has 4 aliphatic rings. The number of ether oxygens (including phenoxy) is 2. The number of aliphatic hydroxyl groups excluding tert-OH is 2. The molecular formula is C41H60O9. The van der Waals surface area contributed by atoms with E-state index in [9.17, 15) is 34.5 Å². The first-order chi connectivity index (χ1) is 23.3. The van der Waals surface area contributed by atoms with Gasteiger partial charge in [-0.3, -0.25) is 19.2 Å². The second-order valence-electron chi connectivity index (χ2n) is 16.5. The van der Waals surface area contributed by atoms with Gasteiger partial charge in [0.1, 0.15) is 11.4 Å². The third-order valence-electron chi connectivity index (χ3n) is 12.4. The molecule has 4 rings (SSSR count). The Labute approximate surface area is 298 Å². The first-order valence-electron chi connectivity index (χ1n) is 18.4. The van der Waals surface area contributed by atoms with E-state index < -0.39 is 58.7 Å². The maximum absolute atomic E-state index is 14.6. The zero-order valence-electron chi connectivity index (χ0n) is 31.6. The number of esters is 1. The third kappa shape index (κ3) is 7.86. The van der Waals surface area contributed by atoms with Crippen LogP contribution < -0.4 is 0 Å². The van der Waals surface area contributed by atoms with E-state index in [-0.39, 0.29) is 49.0 Å². The van der Waals surface area contributed by atoms with Crippen LogP contribution in [0.15, 0.2) is 46.1 Å². The minimum Gasteiger partial charge on any atom is -0.469 e. The largest absolute Gasteiger partial charge is 0.469 e. The summed E-state index contributed by atoms with van der Waals surface area (Å²) in [6.07, 6.45) is 5.05. The molecule has 0 aromatic heterocycles. The molecular weight excluding hydrogens is 636 g/mol. The summed E-state index contributed by atoms with van der Waals surface area (Å²) < 4.78 is 11.9. The summed E-state index contributed by atoms with van der Waals surface area (Å²) in [6.45, 7) is 14.5. The van der Waals surface area contributed by atoms with Gasteiger partial charge in [0.15, 0.2) is 11.6 Å². The van der Waals surface area contributed by atoms with E-state index in [1.807, 2.05) is 53.7 Å². The highest BCUT2D eigenvalue weighted by Gasteiger charge is 2.60. The van der Waals surface area contributed by atoms with Crippen LogP contribution in [-0.4, -0.2) is 75.3 Å². The number of methoxy groups -OCH3 is 1. The molecule has 9 atom stereocenters. The molecule has 0 amide bonds. The molecule has 1 saturated heterocycles. The van der Waals surface area contributed by atoms with Gasteiger partial charge < -0.3 is 24.8 Å². The number of fused-ring (bicyclic) bond motifs is 5. The Kier molecular flexibility index (Phi) is 12.4. The lowest BCUT2D eigenvalue weighted by molar-refractivity contribution is -0.188. The van der Waals surface area contributed by atoms with E-state index >= 15 is 0 Å². The molecule has 3 N–H and O–H groups in total. The molecule has 0 saturated carbocycles. The van der Waals surface area contributed by atoms with Crippen molar-refractivity contribution in [3.05, 3.63) is 46.1 Å². The lowest BCUT2D eigenvalue weighted by Crippen LogP contribution is -2.55. The minimum atomic E-state index is -1.71. The van der Waals surface area contributed by atoms with Crippen molar-refractivity contribution in [3.63, 3.8) is 0 Å². The number of carbonyl (C=O) groups is 4. The molecule has 1 fully saturated rings. The van der Waals surface area contributed by atoms with Gasteiger partial charge in [-0.25, -0.2) is 0 Å². The number of aliphatic hydroxyl groups is 3. The normalized spacial score (nSPS) is 41.5. The maximum Gasteiger partial charge on any atom is 0.313 e. The highest BCUT2D eigenvalue weighted by molar-refractivity contribution is 6.02. The predicted octanol–water partition coefficient (Wildman–Crippen LogP) is 6.09. The van der Waals surface area contributed by atoms with Crippen molar-refractivity contribution in [3.8, 4) is 0 Å². The van der Waals surface area contributed by atoms with Gasteiger partial charge in [0.05, 0.1) is 36.4 Å². The summed E-state index contributed by atoms with van der Waals surface area (Å²) in [6, 6.07) is 0. The van der Waals surface area contributed by atoms with E-state index in [1.54, 1.807) is 13.0 Å². The molecule has 9 heteroatoms. The Morgan fingerprint density at radius 3 is 2.28 bits per heavy atom. The number of hydrogen-bond donors (Lipinski definition) is 3. The standard InChI is InChI=1S/C41H60O9/c1-23(2)28-20-32(42)26(5)12-10-11-24(3)18-33(43)31-19-27(6)29-21-36(46)40(8,48)37-15-16-39(7,50-37)35(45)14-13-25(4)17-30(29)41(31,22-34(28)44)38(47)49-9/h12,17-18,23,28,30-31,35-37,45-46,48H,10-11,13-16,19-22H2,1-9H3/b24-18+,25-17+,26-12+/t28-,30-,31+,35-,36-,37+,39-,40-,41-/m0/s1. The van der Waals surface area contributed by atoms with Gasteiger partial charge in [-0.2, -0.15) is 0 Å². The Bertz CT molecular complexity index is 1480. The lowest BCUT2D eigenvalue weighted by Gasteiger charge is -2.48. The van der Waals surface area contributed by atoms with Crippen molar-refractivity contribution in [2.24, 2.45) is 29.1 Å². The van der Waals surface area contributed by atoms with Crippen LogP contribution in [0.5, 0.6) is 0 Å². The molecule has 2 heterocycles. The smallest absolute Gasteiger partial charge is 0.313 e. The molecule has 2 aliphatic heterocycles. The number of rotatable bonds is 2. The van der Waals surface area contributed by atoms with E-state index in [1.165, 1.54) is 14.0 Å². The monoisotopic (exact) mass is 696 g/mol. The Morgan fingerprint density at radius 1 is 0.960 bits per heavy atom. The van der Waals surface area contributed by atoms with Crippen LogP contribution in [0.2, 0.25) is 0 Å². The first kappa shape index (κ1) is 40.1. The zero-order chi connectivity index (χ0) is 37.3. The second kappa shape index (κ2) is 15.5. The van der Waals surface area contributed by atoms with Crippen LogP contribution in [0.3, 0.4) is 0 Å². The summed E-state index contributed by atoms with van der Waals surface area (Å²) in [7, 11) is 1.26. The second-order valence-corrected chi connectivity index (χ2v) is 16.5. The van der Waals surface area contributed by atoms with E-state index in [0.29, 0.717) is 49.7 Å². The fourth-order valence-electron chi connectivity index (χ4n) is 8.81. The Balaban J connectivity index is 2.00. The highest BCUT2D eigenvalue weighted by atomic mass is 16.5. The molecule has 0 radical (unpaired) electrons. The third-order valence-corrected chi connectivity index (χ3v) is 12.4. The average Bonchev–Trinajstić information content (AvgIpc) is 3.47. The molecule has 0 aromatic carbocycles. The van der Waals surface area contributed by atoms with Crippen molar-refractivity contribution >= 4 is 23.3 Å². The topological polar surface area (TPSA) is 147 Å². The van der Waals surface area contributed by atoms with Crippen LogP contribution in [0, 0.1) is 29.1 Å². The molecule has 9 nitrogen and oxygen atoms in total. The lowest BCUT2D eigenvalue weighted by atomic mass is 9.53. The minimum absolute atomic E-state index is 0.00952. The van der Waals surface area contributed by atoms with Crippen molar-refractivity contribution in [1.29, 1.82) is 0 Å². The number of ketones is 3. The van der Waals surface area contributed by atoms with Crippen LogP contribution >= 0.6 is 0 Å². The number of allylic oxidation sites excluding steroid dienone is 7. The predicted molar refractivity (Wildman–Crippen MR) is 191 cm³/mol. The van der Waals surface area contributed by atoms with Gasteiger partial charge in [-0.1, -0.05) is 48.3 Å². The number of Topliss-reactive ketones (excluding diaryl/α,β-unsaturated/α-hetero) is 2. The SMILES string of the molecule is COC(=O)[C@]12CC(=O)[C@H](C(C)C)CC(=O)/C(C)=C/CC/C(C)=C/C(=O)[C@H]1CC(C)=C1C[C@H](O)[C@](C)(O)[C@H]3CC[C@](C)(O3)[C@@H](O)CC/C(C)=C/[C@@H]12. The van der Waals surface area contributed by atoms with Crippen molar-refractivity contribution < 1.29 is 44.0 Å². The van der Waals surface area contributed by atoms with Gasteiger partial charge in [-0.05, 0) is 110 Å². The molecule has 2 aliphatic carbocycles. The van der Waals surface area contributed by atoms with Crippen LogP contribution in [0.4, 0.5) is 0 Å². The summed E-state index contributed by atoms with van der Waals surface area (Å²) in [5.74, 6) is -4.13. The molecule has 50 heavy (non-hydrogen) atoms. The fourth-order valence-corrected chi connectivity index (χ4v) is 8.81. The summed E-state index contributed by atoms with van der Waals surface area (Å²) >= 11 is 0. The molecule has 278 valence electrons. The van der Waals surface area contributed by atoms with Gasteiger partial charge >= 0.3 is 5.97 Å². The summed E-state index contributed by atoms with van der Waals surface area (Å²) in [4.78, 5) is 57.1. The van der Waals surface area contributed by atoms with Crippen LogP contribution in [-0.2, 0) is 28.7 Å². The quantitative estimate of drug-likeness (QED) is 0.231. The average molecular weight is 697 g/mol. The van der Waals surface area contributed by atoms with Crippen molar-refractivity contribution in [2.75, 3.05) is 7.11 Å². The van der Waals surface area contributed by atoms with E-state index in [2.05, 4.69) is 0 Å². The van der Waals surface area contributed by atoms with E-state index in [4.69, 9.17) is 9.47 Å². The molecule has 0 unspecified atom stereocenters. The van der Waals surface area contributed by atoms with Gasteiger partial charge in [0.2, 0.25) is 0 Å². The highest BCUT2D eigenvalue weighted by Crippen LogP contribution is 2.55. The van der Waals surface area contributed by atoms with Gasteiger partial charge in [-0.15, -0.1) is 0 Å². The summed E-state index contributed by atoms with van der Waals surface area (Å²) in [5, 5.41) is 35.0. The number of carbonyl (C=O) groups excluding carboxylic acids is 4. The van der Waals surface area contributed by atoms with E-state index in [0.717, 1.165) is 16.7 Å². The van der Waals surface area contributed by atoms with Crippen molar-refractivity contribution in [2.45, 2.75) is 149 Å². The van der Waals surface area contributed by atoms with Crippen LogP contribution in [0.25, 0.3) is 0 Å². The Hall–Kier alpha value is -2.72. The van der Waals surface area contributed by atoms with Crippen LogP contribution in [0.1, 0.15) is 120 Å². The molecule has 0 spiro atoms. The summed E-state index contributed by atoms with van der Waals surface area (Å²) in [5.41, 5.74) is -0.648. The fraction of sp³-hybridized carbons (Fsp3) is 0.707. The van der Waals surface area contributed by atoms with Gasteiger partial charge in [0, 0.05) is 30.6 Å². The van der Waals surface area contributed by atoms with Crippen molar-refractivity contribution in [1.82, 2.24) is 0 Å². The number of hydrogen-bond acceptors (Lipinski definition) is 9. The van der Waals surface area contributed by atoms with Gasteiger partial charge in [0.25, 0.3) is 0 Å². The molecule has 2 bridgehead atoms. The Morgan fingerprint density at radius 2 is 1.64 bits per heavy atom.